The van der Waals surface area contributed by atoms with Crippen LogP contribution in [0.5, 0.6) is 0 Å². The van der Waals surface area contributed by atoms with Crippen LogP contribution in [0.15, 0.2) is 54.6 Å². The van der Waals surface area contributed by atoms with Crippen molar-refractivity contribution in [3.63, 3.8) is 0 Å². The van der Waals surface area contributed by atoms with E-state index in [1.54, 1.807) is 0 Å². The first-order valence-electron chi connectivity index (χ1n) is 7.65. The van der Waals surface area contributed by atoms with Crippen LogP contribution in [0.1, 0.15) is 11.7 Å². The summed E-state index contributed by atoms with van der Waals surface area (Å²) >= 11 is 0. The third-order valence-corrected chi connectivity index (χ3v) is 4.58. The number of benzene rings is 3. The number of rotatable bonds is 3. The first kappa shape index (κ1) is 14.6. The van der Waals surface area contributed by atoms with Crippen LogP contribution in [-0.2, 0) is 9.59 Å². The zero-order valence-corrected chi connectivity index (χ0v) is 12.6. The van der Waals surface area contributed by atoms with Crippen LogP contribution in [0, 0.1) is 5.92 Å². The second kappa shape index (κ2) is 5.28. The predicted octanol–water partition coefficient (Wildman–Crippen LogP) is 2.37. The number of carbonyl (C=O) groups is 2. The van der Waals surface area contributed by atoms with Crippen LogP contribution in [0.3, 0.4) is 0 Å². The summed E-state index contributed by atoms with van der Waals surface area (Å²) in [5.74, 6) is -2.94. The van der Waals surface area contributed by atoms with Gasteiger partial charge in [0.15, 0.2) is 0 Å². The van der Waals surface area contributed by atoms with Gasteiger partial charge in [-0.2, -0.15) is 0 Å². The lowest BCUT2D eigenvalue weighted by molar-refractivity contribution is -0.146. The van der Waals surface area contributed by atoms with E-state index in [1.807, 2.05) is 48.5 Å². The molecule has 0 saturated carbocycles. The first-order valence-corrected chi connectivity index (χ1v) is 7.65. The minimum atomic E-state index is -1.50. The number of carboxylic acid groups (broad SMARTS) is 1. The highest BCUT2D eigenvalue weighted by atomic mass is 16.4. The topological polar surface area (TPSA) is 74.6 Å². The molecule has 4 heteroatoms. The molecule has 3 aromatic rings. The highest BCUT2D eigenvalue weighted by Crippen LogP contribution is 2.36. The summed E-state index contributed by atoms with van der Waals surface area (Å²) in [6.07, 6.45) is 3.53. The van der Waals surface area contributed by atoms with Crippen molar-refractivity contribution in [3.8, 4) is 0 Å². The summed E-state index contributed by atoms with van der Waals surface area (Å²) in [5.41, 5.74) is 0.800. The van der Waals surface area contributed by atoms with Crippen LogP contribution < -0.4 is 5.22 Å². The second-order valence-electron chi connectivity index (χ2n) is 5.98. The second-order valence-corrected chi connectivity index (χ2v) is 5.98. The van der Waals surface area contributed by atoms with Gasteiger partial charge in [0, 0.05) is 5.92 Å². The number of aliphatic hydroxyl groups excluding tert-OH is 1. The van der Waals surface area contributed by atoms with Gasteiger partial charge in [-0.05, 0) is 38.4 Å². The fraction of sp³-hybridized carbons (Fsp3) is 0.100. The molecule has 0 amide bonds. The van der Waals surface area contributed by atoms with E-state index in [2.05, 4.69) is 0 Å². The maximum Gasteiger partial charge on any atom is 0.376 e. The Morgan fingerprint density at radius 2 is 1.67 bits per heavy atom. The van der Waals surface area contributed by atoms with E-state index < -0.39 is 23.8 Å². The van der Waals surface area contributed by atoms with E-state index in [0.717, 1.165) is 38.4 Å². The molecule has 4 rings (SSSR count). The van der Waals surface area contributed by atoms with Crippen molar-refractivity contribution in [2.75, 3.05) is 0 Å². The van der Waals surface area contributed by atoms with Crippen molar-refractivity contribution < 1.29 is 19.8 Å². The van der Waals surface area contributed by atoms with Crippen molar-refractivity contribution in [1.82, 2.24) is 0 Å². The molecule has 2 atom stereocenters. The van der Waals surface area contributed by atoms with Gasteiger partial charge < -0.3 is 10.2 Å². The first-order chi connectivity index (χ1) is 11.6. The molecular formula is C20H14O4. The standard InChI is InChI=1S/C20H14O4/c21-16(20(23)24)9-7-14-10-13-5-4-11-2-1-3-12-6-8-15(19(14)22)18(13)17(11)12/h1-10,14,19,22H,(H,23,24)/b9-7+. The number of carbonyl (C=O) groups excluding carboxylic acids is 1. The highest BCUT2D eigenvalue weighted by molar-refractivity contribution is 6.37. The van der Waals surface area contributed by atoms with Crippen LogP contribution in [0.2, 0.25) is 0 Å². The summed E-state index contributed by atoms with van der Waals surface area (Å²) < 4.78 is 0. The lowest BCUT2D eigenvalue weighted by Gasteiger charge is -2.24. The predicted molar refractivity (Wildman–Crippen MR) is 91.4 cm³/mol. The highest BCUT2D eigenvalue weighted by Gasteiger charge is 2.24. The normalized spacial score (nSPS) is 19.7. The van der Waals surface area contributed by atoms with Gasteiger partial charge in [0.1, 0.15) is 0 Å². The molecule has 4 nitrogen and oxygen atoms in total. The van der Waals surface area contributed by atoms with Gasteiger partial charge in [0.2, 0.25) is 0 Å². The van der Waals surface area contributed by atoms with Gasteiger partial charge in [-0.1, -0.05) is 54.6 Å². The van der Waals surface area contributed by atoms with E-state index in [1.165, 1.54) is 6.08 Å². The summed E-state index contributed by atoms with van der Waals surface area (Å²) in [6, 6.07) is 14.0. The minimum absolute atomic E-state index is 0.442. The van der Waals surface area contributed by atoms with Gasteiger partial charge in [0.25, 0.3) is 5.78 Å². The summed E-state index contributed by atoms with van der Waals surface area (Å²) in [5, 5.41) is 24.7. The molecule has 0 saturated heterocycles. The average molecular weight is 318 g/mol. The van der Waals surface area contributed by atoms with Crippen LogP contribution in [0.4, 0.5) is 0 Å². The molecule has 1 aliphatic rings. The molecule has 0 spiro atoms. The van der Waals surface area contributed by atoms with Crippen molar-refractivity contribution in [2.24, 2.45) is 5.92 Å². The van der Waals surface area contributed by atoms with E-state index in [9.17, 15) is 14.7 Å². The van der Waals surface area contributed by atoms with Crippen molar-refractivity contribution in [3.05, 3.63) is 65.4 Å². The number of hydrogen-bond donors (Lipinski definition) is 2. The summed E-state index contributed by atoms with van der Waals surface area (Å²) in [7, 11) is 0. The van der Waals surface area contributed by atoms with Crippen molar-refractivity contribution >= 4 is 39.4 Å². The Kier molecular flexibility index (Phi) is 3.22. The van der Waals surface area contributed by atoms with Gasteiger partial charge >= 0.3 is 5.97 Å². The van der Waals surface area contributed by atoms with Crippen LogP contribution >= 0.6 is 0 Å². The molecule has 0 fully saturated rings. The maximum atomic E-state index is 11.3. The van der Waals surface area contributed by atoms with Gasteiger partial charge in [-0.25, -0.2) is 4.79 Å². The molecule has 0 bridgehead atoms. The molecule has 24 heavy (non-hydrogen) atoms. The van der Waals surface area contributed by atoms with E-state index in [0.29, 0.717) is 0 Å². The number of ketones is 1. The molecule has 2 unspecified atom stereocenters. The van der Waals surface area contributed by atoms with E-state index in [4.69, 9.17) is 5.11 Å². The zero-order chi connectivity index (χ0) is 16.8. The molecule has 1 aliphatic carbocycles. The smallest absolute Gasteiger partial charge is 0.376 e. The monoisotopic (exact) mass is 318 g/mol. The molecule has 3 aromatic carbocycles. The Morgan fingerprint density at radius 3 is 2.38 bits per heavy atom. The summed E-state index contributed by atoms with van der Waals surface area (Å²) in [6.45, 7) is 0. The number of aliphatic carboxylic acids is 1. The van der Waals surface area contributed by atoms with E-state index in [-0.39, 0.29) is 0 Å². The molecule has 0 heterocycles. The van der Waals surface area contributed by atoms with Crippen molar-refractivity contribution in [1.29, 1.82) is 0 Å². The van der Waals surface area contributed by atoms with Gasteiger partial charge in [0.05, 0.1) is 6.10 Å². The maximum absolute atomic E-state index is 11.3. The Balaban J connectivity index is 1.93. The van der Waals surface area contributed by atoms with Gasteiger partial charge in [-0.15, -0.1) is 0 Å². The Hall–Kier alpha value is -2.98. The SMILES string of the molecule is O=C(O)C(=O)/C=C/C1C=c2ccc3cccc4ccc(c2c43)C1O. The molecular weight excluding hydrogens is 304 g/mol. The molecule has 0 radical (unpaired) electrons. The summed E-state index contributed by atoms with van der Waals surface area (Å²) in [4.78, 5) is 21.9. The molecule has 0 aliphatic heterocycles. The Labute approximate surface area is 137 Å². The quantitative estimate of drug-likeness (QED) is 0.574. The lowest BCUT2D eigenvalue weighted by Crippen LogP contribution is -2.21. The Morgan fingerprint density at radius 1 is 0.958 bits per heavy atom. The Bertz CT molecular complexity index is 1060. The van der Waals surface area contributed by atoms with Crippen LogP contribution in [-0.4, -0.2) is 22.0 Å². The zero-order valence-electron chi connectivity index (χ0n) is 12.6. The lowest BCUT2D eigenvalue weighted by atomic mass is 9.83. The third kappa shape index (κ3) is 2.12. The minimum Gasteiger partial charge on any atom is -0.475 e. The molecule has 2 N–H and O–H groups in total. The number of aliphatic hydroxyl groups is 1. The van der Waals surface area contributed by atoms with E-state index >= 15 is 0 Å². The average Bonchev–Trinajstić information content (AvgIpc) is 2.59. The third-order valence-electron chi connectivity index (χ3n) is 4.58. The fourth-order valence-corrected chi connectivity index (χ4v) is 3.46. The van der Waals surface area contributed by atoms with Crippen LogP contribution in [0.25, 0.3) is 27.6 Å². The van der Waals surface area contributed by atoms with Crippen molar-refractivity contribution in [2.45, 2.75) is 6.10 Å². The molecule has 0 aromatic heterocycles. The fourth-order valence-electron chi connectivity index (χ4n) is 3.46. The number of carboxylic acids is 1. The van der Waals surface area contributed by atoms with Gasteiger partial charge in [-0.3, -0.25) is 4.79 Å². The largest absolute Gasteiger partial charge is 0.475 e. The number of hydrogen-bond acceptors (Lipinski definition) is 3. The molecule has 118 valence electrons.